The van der Waals surface area contributed by atoms with Crippen LogP contribution in [-0.2, 0) is 12.7 Å². The number of carboxylic acids is 1. The SMILES string of the molecule is Cc1nnn(Cc2ccc(C(F)(F)F)cc2)c1C(=O)NC(C)c1ccc(C(=O)O)cc1. The molecule has 10 heteroatoms. The van der Waals surface area contributed by atoms with Crippen LogP contribution in [0, 0.1) is 6.92 Å². The molecule has 0 aliphatic rings. The predicted molar refractivity (Wildman–Crippen MR) is 105 cm³/mol. The molecule has 1 atom stereocenters. The molecule has 2 aromatic carbocycles. The number of rotatable bonds is 6. The first-order valence-electron chi connectivity index (χ1n) is 9.26. The minimum Gasteiger partial charge on any atom is -0.478 e. The maximum absolute atomic E-state index is 12.8. The van der Waals surface area contributed by atoms with Gasteiger partial charge in [0.05, 0.1) is 29.4 Å². The van der Waals surface area contributed by atoms with E-state index < -0.39 is 29.7 Å². The van der Waals surface area contributed by atoms with E-state index in [4.69, 9.17) is 5.11 Å². The fourth-order valence-corrected chi connectivity index (χ4v) is 3.03. The van der Waals surface area contributed by atoms with Gasteiger partial charge in [-0.2, -0.15) is 13.2 Å². The van der Waals surface area contributed by atoms with Gasteiger partial charge < -0.3 is 10.4 Å². The monoisotopic (exact) mass is 432 g/mol. The van der Waals surface area contributed by atoms with Crippen molar-refractivity contribution < 1.29 is 27.9 Å². The number of nitrogens with one attached hydrogen (secondary N) is 1. The van der Waals surface area contributed by atoms with Crippen LogP contribution in [0.2, 0.25) is 0 Å². The number of carbonyl (C=O) groups is 2. The number of hydrogen-bond donors (Lipinski definition) is 2. The number of halogens is 3. The Morgan fingerprint density at radius 3 is 2.26 bits per heavy atom. The Hall–Kier alpha value is -3.69. The summed E-state index contributed by atoms with van der Waals surface area (Å²) in [7, 11) is 0. The Morgan fingerprint density at radius 1 is 1.10 bits per heavy atom. The topological polar surface area (TPSA) is 97.1 Å². The number of alkyl halides is 3. The zero-order valence-electron chi connectivity index (χ0n) is 16.6. The molecule has 0 aliphatic carbocycles. The van der Waals surface area contributed by atoms with Crippen LogP contribution in [0.25, 0.3) is 0 Å². The molecule has 1 unspecified atom stereocenters. The van der Waals surface area contributed by atoms with Gasteiger partial charge in [-0.15, -0.1) is 5.10 Å². The molecule has 0 spiro atoms. The lowest BCUT2D eigenvalue weighted by Crippen LogP contribution is -2.29. The highest BCUT2D eigenvalue weighted by Crippen LogP contribution is 2.29. The summed E-state index contributed by atoms with van der Waals surface area (Å²) in [5, 5.41) is 19.6. The summed E-state index contributed by atoms with van der Waals surface area (Å²) in [6, 6.07) is 10.3. The van der Waals surface area contributed by atoms with E-state index in [2.05, 4.69) is 15.6 Å². The van der Waals surface area contributed by atoms with E-state index in [-0.39, 0.29) is 17.8 Å². The number of carbonyl (C=O) groups excluding carboxylic acids is 1. The smallest absolute Gasteiger partial charge is 0.416 e. The second-order valence-corrected chi connectivity index (χ2v) is 7.00. The van der Waals surface area contributed by atoms with Crippen molar-refractivity contribution in [3.05, 3.63) is 82.2 Å². The molecular weight excluding hydrogens is 413 g/mol. The first-order valence-corrected chi connectivity index (χ1v) is 9.26. The summed E-state index contributed by atoms with van der Waals surface area (Å²) in [5.41, 5.74) is 1.18. The third-order valence-electron chi connectivity index (χ3n) is 4.74. The molecule has 2 N–H and O–H groups in total. The lowest BCUT2D eigenvalue weighted by atomic mass is 10.1. The zero-order chi connectivity index (χ0) is 22.8. The average molecular weight is 432 g/mol. The van der Waals surface area contributed by atoms with Crippen molar-refractivity contribution in [3.63, 3.8) is 0 Å². The summed E-state index contributed by atoms with van der Waals surface area (Å²) >= 11 is 0. The van der Waals surface area contributed by atoms with Crippen molar-refractivity contribution in [3.8, 4) is 0 Å². The fourth-order valence-electron chi connectivity index (χ4n) is 3.03. The summed E-state index contributed by atoms with van der Waals surface area (Å²) in [6.45, 7) is 3.42. The van der Waals surface area contributed by atoms with Gasteiger partial charge >= 0.3 is 12.1 Å². The van der Waals surface area contributed by atoms with Gasteiger partial charge in [0.15, 0.2) is 0 Å². The molecule has 0 saturated heterocycles. The third-order valence-corrected chi connectivity index (χ3v) is 4.74. The van der Waals surface area contributed by atoms with Gasteiger partial charge in [0.2, 0.25) is 0 Å². The molecule has 0 radical (unpaired) electrons. The lowest BCUT2D eigenvalue weighted by Gasteiger charge is -2.15. The molecule has 3 rings (SSSR count). The average Bonchev–Trinajstić information content (AvgIpc) is 3.07. The van der Waals surface area contributed by atoms with Crippen LogP contribution in [0.15, 0.2) is 48.5 Å². The van der Waals surface area contributed by atoms with E-state index in [0.29, 0.717) is 16.8 Å². The molecule has 162 valence electrons. The van der Waals surface area contributed by atoms with Crippen LogP contribution in [0.3, 0.4) is 0 Å². The fraction of sp³-hybridized carbons (Fsp3) is 0.238. The second-order valence-electron chi connectivity index (χ2n) is 7.00. The Bertz CT molecular complexity index is 1090. The van der Waals surface area contributed by atoms with Gasteiger partial charge in [0, 0.05) is 0 Å². The van der Waals surface area contributed by atoms with Crippen molar-refractivity contribution in [2.45, 2.75) is 32.6 Å². The van der Waals surface area contributed by atoms with Crippen molar-refractivity contribution in [2.75, 3.05) is 0 Å². The molecule has 0 saturated carbocycles. The van der Waals surface area contributed by atoms with Crippen LogP contribution in [0.1, 0.15) is 56.2 Å². The van der Waals surface area contributed by atoms with Crippen molar-refractivity contribution in [1.29, 1.82) is 0 Å². The predicted octanol–water partition coefficient (Wildman–Crippen LogP) is 3.84. The number of nitrogens with zero attached hydrogens (tertiary/aromatic N) is 3. The molecule has 0 bridgehead atoms. The molecule has 0 aliphatic heterocycles. The van der Waals surface area contributed by atoms with E-state index >= 15 is 0 Å². The van der Waals surface area contributed by atoms with Crippen LogP contribution in [-0.4, -0.2) is 32.0 Å². The van der Waals surface area contributed by atoms with Gasteiger partial charge in [0.25, 0.3) is 5.91 Å². The number of aromatic carboxylic acids is 1. The first kappa shape index (κ1) is 22.0. The first-order chi connectivity index (χ1) is 14.6. The molecular formula is C21H19F3N4O3. The third kappa shape index (κ3) is 5.08. The summed E-state index contributed by atoms with van der Waals surface area (Å²) < 4.78 is 39.5. The van der Waals surface area contributed by atoms with Crippen LogP contribution >= 0.6 is 0 Å². The number of hydrogen-bond acceptors (Lipinski definition) is 4. The van der Waals surface area contributed by atoms with Crippen molar-refractivity contribution in [2.24, 2.45) is 0 Å². The molecule has 1 aromatic heterocycles. The number of amides is 1. The second kappa shape index (κ2) is 8.58. The number of aryl methyl sites for hydroxylation is 1. The Morgan fingerprint density at radius 2 is 1.71 bits per heavy atom. The molecule has 0 fully saturated rings. The maximum atomic E-state index is 12.8. The number of benzene rings is 2. The standard InChI is InChI=1S/C21H19F3N4O3/c1-12(15-5-7-16(8-6-15)20(30)31)25-19(29)18-13(2)26-27-28(18)11-14-3-9-17(10-4-14)21(22,23)24/h3-10,12H,11H2,1-2H3,(H,25,29)(H,30,31). The zero-order valence-corrected chi connectivity index (χ0v) is 16.6. The Labute approximate surface area is 175 Å². The molecule has 7 nitrogen and oxygen atoms in total. The van der Waals surface area contributed by atoms with E-state index in [9.17, 15) is 22.8 Å². The van der Waals surface area contributed by atoms with Gasteiger partial charge in [0.1, 0.15) is 5.69 Å². The highest BCUT2D eigenvalue weighted by Gasteiger charge is 2.30. The van der Waals surface area contributed by atoms with Gasteiger partial charge in [-0.25, -0.2) is 9.48 Å². The highest BCUT2D eigenvalue weighted by molar-refractivity contribution is 5.93. The van der Waals surface area contributed by atoms with Gasteiger partial charge in [-0.05, 0) is 49.2 Å². The van der Waals surface area contributed by atoms with Crippen LogP contribution in [0.5, 0.6) is 0 Å². The Balaban J connectivity index is 1.75. The van der Waals surface area contributed by atoms with Crippen molar-refractivity contribution in [1.82, 2.24) is 20.3 Å². The van der Waals surface area contributed by atoms with E-state index in [1.165, 1.54) is 28.9 Å². The van der Waals surface area contributed by atoms with E-state index in [0.717, 1.165) is 12.1 Å². The summed E-state index contributed by atoms with van der Waals surface area (Å²) in [6.07, 6.45) is -4.42. The number of aromatic nitrogens is 3. The maximum Gasteiger partial charge on any atom is 0.416 e. The highest BCUT2D eigenvalue weighted by atomic mass is 19.4. The minimum absolute atomic E-state index is 0.0728. The Kier molecular flexibility index (Phi) is 6.09. The molecule has 1 heterocycles. The van der Waals surface area contributed by atoms with E-state index in [1.807, 2.05) is 0 Å². The van der Waals surface area contributed by atoms with Gasteiger partial charge in [-0.3, -0.25) is 4.79 Å². The summed E-state index contributed by atoms with van der Waals surface area (Å²) in [5.74, 6) is -1.50. The normalized spacial score (nSPS) is 12.4. The lowest BCUT2D eigenvalue weighted by molar-refractivity contribution is -0.137. The largest absolute Gasteiger partial charge is 0.478 e. The number of carboxylic acid groups (broad SMARTS) is 1. The quantitative estimate of drug-likeness (QED) is 0.617. The van der Waals surface area contributed by atoms with Crippen LogP contribution < -0.4 is 5.32 Å². The van der Waals surface area contributed by atoms with E-state index in [1.54, 1.807) is 26.0 Å². The van der Waals surface area contributed by atoms with Crippen LogP contribution in [0.4, 0.5) is 13.2 Å². The molecule has 31 heavy (non-hydrogen) atoms. The minimum atomic E-state index is -4.42. The van der Waals surface area contributed by atoms with Gasteiger partial charge in [-0.1, -0.05) is 29.5 Å². The molecule has 3 aromatic rings. The summed E-state index contributed by atoms with van der Waals surface area (Å²) in [4.78, 5) is 23.8. The van der Waals surface area contributed by atoms with Crippen molar-refractivity contribution >= 4 is 11.9 Å². The molecule has 1 amide bonds.